The molecule has 178 valence electrons. The van der Waals surface area contributed by atoms with Crippen LogP contribution in [0.4, 0.5) is 0 Å². The topological polar surface area (TPSA) is 152 Å². The molecule has 1 aromatic heterocycles. The maximum Gasteiger partial charge on any atom is 0.231 e. The van der Waals surface area contributed by atoms with Crippen molar-refractivity contribution in [1.82, 2.24) is 5.32 Å². The van der Waals surface area contributed by atoms with Gasteiger partial charge in [0.05, 0.1) is 35.3 Å². The Morgan fingerprint density at radius 3 is 2.59 bits per heavy atom. The molecule has 3 N–H and O–H groups in total. The first kappa shape index (κ1) is 22.2. The highest BCUT2D eigenvalue weighted by molar-refractivity contribution is 7.91. The maximum atomic E-state index is 13.3. The molecule has 0 spiro atoms. The third-order valence-electron chi connectivity index (χ3n) is 6.04. The first-order chi connectivity index (χ1) is 16.2. The molecule has 0 aliphatic carbocycles. The lowest BCUT2D eigenvalue weighted by Gasteiger charge is -2.21. The lowest BCUT2D eigenvalue weighted by atomic mass is 9.87. The van der Waals surface area contributed by atoms with Gasteiger partial charge in [0.2, 0.25) is 12.7 Å². The molecule has 2 aromatic carbocycles. The van der Waals surface area contributed by atoms with Crippen molar-refractivity contribution in [2.45, 2.75) is 24.5 Å². The smallest absolute Gasteiger partial charge is 0.231 e. The highest BCUT2D eigenvalue weighted by atomic mass is 32.2. The Hall–Kier alpha value is -3.57. The Balaban J connectivity index is 1.54. The van der Waals surface area contributed by atoms with E-state index >= 15 is 0 Å². The van der Waals surface area contributed by atoms with Crippen LogP contribution in [-0.2, 0) is 14.6 Å². The van der Waals surface area contributed by atoms with Gasteiger partial charge in [-0.05, 0) is 18.2 Å². The van der Waals surface area contributed by atoms with Crippen molar-refractivity contribution in [3.05, 3.63) is 64.0 Å². The fraction of sp³-hybridized carbons (Fsp3) is 0.304. The fourth-order valence-corrected chi connectivity index (χ4v) is 6.11. The van der Waals surface area contributed by atoms with E-state index in [2.05, 4.69) is 5.32 Å². The minimum atomic E-state index is -3.47. The number of ether oxygens (including phenoxy) is 2. The Morgan fingerprint density at radius 2 is 1.85 bits per heavy atom. The minimum Gasteiger partial charge on any atom is -0.508 e. The van der Waals surface area contributed by atoms with Crippen LogP contribution in [0.15, 0.2) is 51.9 Å². The zero-order valence-corrected chi connectivity index (χ0v) is 18.6. The summed E-state index contributed by atoms with van der Waals surface area (Å²) in [6, 6.07) is 8.53. The van der Waals surface area contributed by atoms with Gasteiger partial charge in [0.25, 0.3) is 0 Å². The number of para-hydroxylation sites is 1. The number of sulfone groups is 1. The second-order valence-electron chi connectivity index (χ2n) is 8.36. The standard InChI is InChI=1S/C23H21NO9S/c25-17-7-21-20(32-11-33-21)5-14(17)13(6-22(27)24-16-9-34(29,30)10-18(16)26)15-8-31-19-4-2-1-3-12(19)23(15)28/h1-5,7-8,13,16,18,25-26H,6,9-11H2,(H,24,27)/t13-,16-,18+/m0/s1. The monoisotopic (exact) mass is 487 g/mol. The van der Waals surface area contributed by atoms with Crippen molar-refractivity contribution in [1.29, 1.82) is 0 Å². The van der Waals surface area contributed by atoms with Crippen molar-refractivity contribution < 1.29 is 37.3 Å². The van der Waals surface area contributed by atoms with Gasteiger partial charge in [0.15, 0.2) is 26.8 Å². The molecule has 3 heterocycles. The Morgan fingerprint density at radius 1 is 1.12 bits per heavy atom. The summed E-state index contributed by atoms with van der Waals surface area (Å²) in [4.78, 5) is 26.2. The number of aromatic hydroxyl groups is 1. The van der Waals surface area contributed by atoms with E-state index in [1.54, 1.807) is 24.3 Å². The van der Waals surface area contributed by atoms with Crippen molar-refractivity contribution >= 4 is 26.7 Å². The van der Waals surface area contributed by atoms with Crippen molar-refractivity contribution in [3.8, 4) is 17.2 Å². The molecule has 1 amide bonds. The summed E-state index contributed by atoms with van der Waals surface area (Å²) >= 11 is 0. The molecule has 0 bridgehead atoms. The number of amides is 1. The van der Waals surface area contributed by atoms with E-state index in [-0.39, 0.29) is 41.3 Å². The minimum absolute atomic E-state index is 0.0322. The van der Waals surface area contributed by atoms with Crippen LogP contribution in [0.3, 0.4) is 0 Å². The molecule has 1 saturated heterocycles. The zero-order chi connectivity index (χ0) is 24.0. The first-order valence-corrected chi connectivity index (χ1v) is 12.3. The average Bonchev–Trinajstić information content (AvgIpc) is 3.34. The SMILES string of the molecule is O=C(C[C@@H](c1cc2c(cc1O)OCO2)c1coc2ccccc2c1=O)N[C@H]1CS(=O)(=O)C[C@H]1O. The van der Waals surface area contributed by atoms with Gasteiger partial charge in [0, 0.05) is 29.5 Å². The Labute approximate surface area is 193 Å². The summed E-state index contributed by atoms with van der Waals surface area (Å²) < 4.78 is 39.9. The predicted octanol–water partition coefficient (Wildman–Crippen LogP) is 1.02. The summed E-state index contributed by atoms with van der Waals surface area (Å²) in [6.07, 6.45) is -0.293. The largest absolute Gasteiger partial charge is 0.508 e. The van der Waals surface area contributed by atoms with E-state index in [9.17, 15) is 28.2 Å². The van der Waals surface area contributed by atoms with Gasteiger partial charge in [-0.15, -0.1) is 0 Å². The van der Waals surface area contributed by atoms with Gasteiger partial charge in [0.1, 0.15) is 11.3 Å². The van der Waals surface area contributed by atoms with E-state index in [0.717, 1.165) is 0 Å². The quantitative estimate of drug-likeness (QED) is 0.479. The van der Waals surface area contributed by atoms with E-state index < -0.39 is 39.6 Å². The number of nitrogens with one attached hydrogen (secondary N) is 1. The van der Waals surface area contributed by atoms with Crippen LogP contribution in [0.5, 0.6) is 17.2 Å². The molecule has 10 nitrogen and oxygen atoms in total. The molecule has 3 atom stereocenters. The van der Waals surface area contributed by atoms with Gasteiger partial charge in [-0.1, -0.05) is 12.1 Å². The first-order valence-electron chi connectivity index (χ1n) is 10.5. The summed E-state index contributed by atoms with van der Waals surface area (Å²) in [5.74, 6) is -1.90. The van der Waals surface area contributed by atoms with E-state index in [4.69, 9.17) is 13.9 Å². The van der Waals surface area contributed by atoms with Gasteiger partial charge >= 0.3 is 0 Å². The fourth-order valence-electron chi connectivity index (χ4n) is 4.36. The molecule has 0 radical (unpaired) electrons. The lowest BCUT2D eigenvalue weighted by molar-refractivity contribution is -0.122. The number of fused-ring (bicyclic) bond motifs is 2. The number of carbonyl (C=O) groups is 1. The van der Waals surface area contributed by atoms with Crippen LogP contribution < -0.4 is 20.2 Å². The molecule has 0 unspecified atom stereocenters. The molecule has 3 aromatic rings. The van der Waals surface area contributed by atoms with Crippen LogP contribution in [0.1, 0.15) is 23.5 Å². The zero-order valence-electron chi connectivity index (χ0n) is 17.8. The Bertz CT molecular complexity index is 1450. The number of carbonyl (C=O) groups excluding carboxylic acids is 1. The van der Waals surface area contributed by atoms with E-state index in [1.807, 2.05) is 0 Å². The average molecular weight is 487 g/mol. The second kappa shape index (κ2) is 8.33. The number of aliphatic hydroxyl groups is 1. The molecule has 11 heteroatoms. The predicted molar refractivity (Wildman–Crippen MR) is 120 cm³/mol. The number of phenols is 1. The van der Waals surface area contributed by atoms with Crippen molar-refractivity contribution in [2.24, 2.45) is 0 Å². The number of hydrogen-bond donors (Lipinski definition) is 3. The van der Waals surface area contributed by atoms with Crippen LogP contribution >= 0.6 is 0 Å². The molecule has 5 rings (SSSR count). The highest BCUT2D eigenvalue weighted by Crippen LogP contribution is 2.42. The molecule has 2 aliphatic rings. The van der Waals surface area contributed by atoms with E-state index in [1.165, 1.54) is 18.4 Å². The molecular weight excluding hydrogens is 466 g/mol. The number of rotatable bonds is 5. The molecule has 2 aliphatic heterocycles. The van der Waals surface area contributed by atoms with Crippen LogP contribution in [0, 0.1) is 0 Å². The normalized spacial score (nSPS) is 21.4. The van der Waals surface area contributed by atoms with Crippen molar-refractivity contribution in [3.63, 3.8) is 0 Å². The van der Waals surface area contributed by atoms with Gasteiger partial charge in [-0.2, -0.15) is 0 Å². The molecule has 34 heavy (non-hydrogen) atoms. The van der Waals surface area contributed by atoms with Gasteiger partial charge in [-0.3, -0.25) is 9.59 Å². The van der Waals surface area contributed by atoms with Crippen LogP contribution in [0.25, 0.3) is 11.0 Å². The summed E-state index contributed by atoms with van der Waals surface area (Å²) in [5.41, 5.74) is 0.359. The Kier molecular flexibility index (Phi) is 5.45. The number of aliphatic hydroxyl groups excluding tert-OH is 1. The number of hydrogen-bond acceptors (Lipinski definition) is 9. The van der Waals surface area contributed by atoms with E-state index in [0.29, 0.717) is 22.5 Å². The summed E-state index contributed by atoms with van der Waals surface area (Å²) in [5, 5.41) is 23.6. The molecule has 1 fully saturated rings. The highest BCUT2D eigenvalue weighted by Gasteiger charge is 2.38. The molecular formula is C23H21NO9S. The number of phenolic OH excluding ortho intramolecular Hbond substituents is 1. The van der Waals surface area contributed by atoms with Gasteiger partial charge in [-0.25, -0.2) is 8.42 Å². The third-order valence-corrected chi connectivity index (χ3v) is 7.75. The maximum absolute atomic E-state index is 13.3. The second-order valence-corrected chi connectivity index (χ2v) is 10.5. The molecule has 0 saturated carbocycles. The lowest BCUT2D eigenvalue weighted by Crippen LogP contribution is -2.43. The van der Waals surface area contributed by atoms with Crippen LogP contribution in [0.2, 0.25) is 0 Å². The number of benzene rings is 2. The summed E-state index contributed by atoms with van der Waals surface area (Å²) in [7, 11) is -3.47. The van der Waals surface area contributed by atoms with Crippen molar-refractivity contribution in [2.75, 3.05) is 18.3 Å². The summed E-state index contributed by atoms with van der Waals surface area (Å²) in [6.45, 7) is -0.0322. The van der Waals surface area contributed by atoms with Crippen LogP contribution in [-0.4, -0.2) is 55.0 Å². The van der Waals surface area contributed by atoms with Gasteiger partial charge < -0.3 is 29.4 Å². The third kappa shape index (κ3) is 4.08.